The third-order valence-corrected chi connectivity index (χ3v) is 5.71. The van der Waals surface area contributed by atoms with Gasteiger partial charge in [0.25, 0.3) is 5.91 Å². The SMILES string of the molecule is Cc1sc(NC(=O)c2cnccn2)nc1-c1ccc2c(c1)CCN2C(=O)C(C)C. The summed E-state index contributed by atoms with van der Waals surface area (Å²) in [6.07, 6.45) is 5.25. The number of benzene rings is 1. The van der Waals surface area contributed by atoms with E-state index in [9.17, 15) is 9.59 Å². The van der Waals surface area contributed by atoms with Crippen molar-refractivity contribution in [3.63, 3.8) is 0 Å². The Balaban J connectivity index is 1.57. The molecular formula is C21H21N5O2S. The Labute approximate surface area is 172 Å². The van der Waals surface area contributed by atoms with Gasteiger partial charge in [0.1, 0.15) is 5.69 Å². The molecule has 0 bridgehead atoms. The molecule has 1 N–H and O–H groups in total. The number of thiazole rings is 1. The molecule has 8 heteroatoms. The summed E-state index contributed by atoms with van der Waals surface area (Å²) < 4.78 is 0. The van der Waals surface area contributed by atoms with Crippen molar-refractivity contribution in [3.8, 4) is 11.3 Å². The van der Waals surface area contributed by atoms with Crippen LogP contribution in [0, 0.1) is 12.8 Å². The fourth-order valence-corrected chi connectivity index (χ4v) is 4.22. The van der Waals surface area contributed by atoms with E-state index >= 15 is 0 Å². The van der Waals surface area contributed by atoms with Gasteiger partial charge in [-0.05, 0) is 31.0 Å². The molecule has 1 aromatic carbocycles. The smallest absolute Gasteiger partial charge is 0.277 e. The van der Waals surface area contributed by atoms with E-state index in [1.807, 2.05) is 37.8 Å². The van der Waals surface area contributed by atoms with Crippen LogP contribution in [0.25, 0.3) is 11.3 Å². The fourth-order valence-electron chi connectivity index (χ4n) is 3.38. The van der Waals surface area contributed by atoms with Crippen LogP contribution in [0.15, 0.2) is 36.8 Å². The largest absolute Gasteiger partial charge is 0.312 e. The molecule has 0 radical (unpaired) electrons. The number of hydrogen-bond donors (Lipinski definition) is 1. The molecule has 1 aliphatic rings. The van der Waals surface area contributed by atoms with E-state index in [-0.39, 0.29) is 23.4 Å². The van der Waals surface area contributed by atoms with Crippen molar-refractivity contribution in [1.29, 1.82) is 0 Å². The molecule has 1 aliphatic heterocycles. The first kappa shape index (κ1) is 19.2. The van der Waals surface area contributed by atoms with Crippen molar-refractivity contribution in [2.75, 3.05) is 16.8 Å². The Hall–Kier alpha value is -3.13. The van der Waals surface area contributed by atoms with Crippen LogP contribution in [-0.2, 0) is 11.2 Å². The van der Waals surface area contributed by atoms with Crippen LogP contribution in [0.1, 0.15) is 34.8 Å². The van der Waals surface area contributed by atoms with Crippen LogP contribution in [0.4, 0.5) is 10.8 Å². The molecule has 0 fully saturated rings. The van der Waals surface area contributed by atoms with E-state index < -0.39 is 0 Å². The summed E-state index contributed by atoms with van der Waals surface area (Å²) in [5, 5.41) is 3.31. The van der Waals surface area contributed by atoms with E-state index in [0.717, 1.165) is 33.8 Å². The second-order valence-electron chi connectivity index (χ2n) is 7.21. The Bertz CT molecular complexity index is 1080. The zero-order valence-corrected chi connectivity index (χ0v) is 17.3. The van der Waals surface area contributed by atoms with Crippen molar-refractivity contribution in [2.45, 2.75) is 27.2 Å². The number of hydrogen-bond acceptors (Lipinski definition) is 6. The highest BCUT2D eigenvalue weighted by atomic mass is 32.1. The first-order valence-electron chi connectivity index (χ1n) is 9.43. The number of nitrogens with zero attached hydrogens (tertiary/aromatic N) is 4. The van der Waals surface area contributed by atoms with Gasteiger partial charge in [0.05, 0.1) is 11.9 Å². The Morgan fingerprint density at radius 3 is 2.79 bits per heavy atom. The van der Waals surface area contributed by atoms with E-state index in [0.29, 0.717) is 11.7 Å². The first-order chi connectivity index (χ1) is 13.9. The van der Waals surface area contributed by atoms with Gasteiger partial charge in [0.15, 0.2) is 5.13 Å². The summed E-state index contributed by atoms with van der Waals surface area (Å²) in [6, 6.07) is 6.08. The van der Waals surface area contributed by atoms with Crippen LogP contribution in [0.5, 0.6) is 0 Å². The van der Waals surface area contributed by atoms with Crippen LogP contribution >= 0.6 is 11.3 Å². The third-order valence-electron chi connectivity index (χ3n) is 4.82. The molecule has 0 saturated heterocycles. The fraction of sp³-hybridized carbons (Fsp3) is 0.286. The zero-order valence-electron chi connectivity index (χ0n) is 16.5. The van der Waals surface area contributed by atoms with Crippen LogP contribution in [0.3, 0.4) is 0 Å². The maximum atomic E-state index is 12.4. The van der Waals surface area contributed by atoms with Gasteiger partial charge in [-0.15, -0.1) is 11.3 Å². The average molecular weight is 407 g/mol. The molecule has 0 aliphatic carbocycles. The van der Waals surface area contributed by atoms with Gasteiger partial charge in [-0.3, -0.25) is 19.9 Å². The summed E-state index contributed by atoms with van der Waals surface area (Å²) in [6.45, 7) is 6.53. The highest BCUT2D eigenvalue weighted by Gasteiger charge is 2.27. The summed E-state index contributed by atoms with van der Waals surface area (Å²) in [7, 11) is 0. The number of nitrogens with one attached hydrogen (secondary N) is 1. The minimum Gasteiger partial charge on any atom is -0.312 e. The van der Waals surface area contributed by atoms with Gasteiger partial charge in [0, 0.05) is 41.0 Å². The summed E-state index contributed by atoms with van der Waals surface area (Å²) >= 11 is 1.42. The highest BCUT2D eigenvalue weighted by Crippen LogP contribution is 2.36. The van der Waals surface area contributed by atoms with E-state index in [1.165, 1.54) is 29.9 Å². The minimum atomic E-state index is -0.338. The monoisotopic (exact) mass is 407 g/mol. The number of carbonyl (C=O) groups is 2. The van der Waals surface area contributed by atoms with Crippen LogP contribution in [-0.4, -0.2) is 33.3 Å². The number of aryl methyl sites for hydroxylation is 1. The minimum absolute atomic E-state index is 0.0260. The lowest BCUT2D eigenvalue weighted by Crippen LogP contribution is -2.32. The summed E-state index contributed by atoms with van der Waals surface area (Å²) in [5.41, 5.74) is 4.19. The van der Waals surface area contributed by atoms with Crippen molar-refractivity contribution in [3.05, 3.63) is 52.9 Å². The van der Waals surface area contributed by atoms with Crippen molar-refractivity contribution in [2.24, 2.45) is 5.92 Å². The lowest BCUT2D eigenvalue weighted by molar-refractivity contribution is -0.121. The second kappa shape index (κ2) is 7.71. The molecule has 3 aromatic rings. The van der Waals surface area contributed by atoms with Gasteiger partial charge in [-0.2, -0.15) is 0 Å². The molecule has 0 spiro atoms. The molecule has 2 aromatic heterocycles. The number of aromatic nitrogens is 3. The Morgan fingerprint density at radius 2 is 2.07 bits per heavy atom. The van der Waals surface area contributed by atoms with Crippen molar-refractivity contribution in [1.82, 2.24) is 15.0 Å². The van der Waals surface area contributed by atoms with Crippen molar-refractivity contribution >= 4 is 34.0 Å². The van der Waals surface area contributed by atoms with Gasteiger partial charge in [0.2, 0.25) is 5.91 Å². The van der Waals surface area contributed by atoms with Gasteiger partial charge in [-0.1, -0.05) is 19.9 Å². The quantitative estimate of drug-likeness (QED) is 0.712. The maximum Gasteiger partial charge on any atom is 0.277 e. The molecule has 0 saturated carbocycles. The van der Waals surface area contributed by atoms with Crippen LogP contribution in [0.2, 0.25) is 0 Å². The van der Waals surface area contributed by atoms with Crippen molar-refractivity contribution < 1.29 is 9.59 Å². The normalized spacial score (nSPS) is 12.9. The number of anilines is 2. The maximum absolute atomic E-state index is 12.4. The summed E-state index contributed by atoms with van der Waals surface area (Å²) in [5.74, 6) is -0.215. The Morgan fingerprint density at radius 1 is 1.24 bits per heavy atom. The van der Waals surface area contributed by atoms with Gasteiger partial charge < -0.3 is 4.90 Å². The second-order valence-corrected chi connectivity index (χ2v) is 8.41. The molecule has 0 unspecified atom stereocenters. The molecule has 4 rings (SSSR count). The van der Waals surface area contributed by atoms with E-state index in [1.54, 1.807) is 0 Å². The predicted molar refractivity (Wildman–Crippen MR) is 113 cm³/mol. The standard InChI is InChI=1S/C21H21N5O2S/c1-12(2)20(28)26-9-6-14-10-15(4-5-17(14)26)18-13(3)29-21(24-18)25-19(27)16-11-22-7-8-23-16/h4-5,7-8,10-12H,6,9H2,1-3H3,(H,24,25,27). The number of fused-ring (bicyclic) bond motifs is 1. The molecule has 7 nitrogen and oxygen atoms in total. The number of carbonyl (C=O) groups excluding carboxylic acids is 2. The number of amides is 2. The molecule has 0 atom stereocenters. The topological polar surface area (TPSA) is 88.1 Å². The molecular weight excluding hydrogens is 386 g/mol. The van der Waals surface area contributed by atoms with Crippen LogP contribution < -0.4 is 10.2 Å². The number of rotatable bonds is 4. The van der Waals surface area contributed by atoms with Gasteiger partial charge in [-0.25, -0.2) is 9.97 Å². The summed E-state index contributed by atoms with van der Waals surface area (Å²) in [4.78, 5) is 40.1. The molecule has 3 heterocycles. The van der Waals surface area contributed by atoms with E-state index in [2.05, 4.69) is 26.3 Å². The van der Waals surface area contributed by atoms with Gasteiger partial charge >= 0.3 is 0 Å². The Kier molecular flexibility index (Phi) is 5.10. The lowest BCUT2D eigenvalue weighted by atomic mass is 10.1. The average Bonchev–Trinajstić information content (AvgIpc) is 3.30. The molecule has 2 amide bonds. The zero-order chi connectivity index (χ0) is 20.5. The lowest BCUT2D eigenvalue weighted by Gasteiger charge is -2.19. The molecule has 148 valence electrons. The predicted octanol–water partition coefficient (Wildman–Crippen LogP) is 3.71. The van der Waals surface area contributed by atoms with E-state index in [4.69, 9.17) is 0 Å². The first-order valence-corrected chi connectivity index (χ1v) is 10.2. The third kappa shape index (κ3) is 3.75. The molecule has 29 heavy (non-hydrogen) atoms. The highest BCUT2D eigenvalue weighted by molar-refractivity contribution is 7.16.